The Labute approximate surface area is 167 Å². The van der Waals surface area contributed by atoms with Crippen LogP contribution in [0, 0.1) is 0 Å². The minimum Gasteiger partial charge on any atom is -0.496 e. The molecule has 0 radical (unpaired) electrons. The summed E-state index contributed by atoms with van der Waals surface area (Å²) in [5.74, 6) is 1.47. The first-order valence-electron chi connectivity index (χ1n) is 9.83. The van der Waals surface area contributed by atoms with Crippen LogP contribution in [0.1, 0.15) is 12.5 Å². The second kappa shape index (κ2) is 10.2. The number of nitrogens with zero attached hydrogens (tertiary/aromatic N) is 2. The number of allylic oxidation sites excluding steroid dienone is 1. The van der Waals surface area contributed by atoms with Gasteiger partial charge in [0.15, 0.2) is 0 Å². The van der Waals surface area contributed by atoms with E-state index in [0.717, 1.165) is 37.5 Å². The zero-order valence-corrected chi connectivity index (χ0v) is 16.8. The van der Waals surface area contributed by atoms with Crippen LogP contribution < -0.4 is 14.4 Å². The van der Waals surface area contributed by atoms with Crippen molar-refractivity contribution in [3.05, 3.63) is 60.2 Å². The Hall–Kier alpha value is -2.50. The number of aliphatic hydroxyl groups excluding tert-OH is 1. The van der Waals surface area contributed by atoms with Crippen LogP contribution in [0.25, 0.3) is 6.08 Å². The highest BCUT2D eigenvalue weighted by Gasteiger charge is 2.19. The molecule has 0 aromatic heterocycles. The van der Waals surface area contributed by atoms with E-state index in [1.54, 1.807) is 7.11 Å². The molecule has 1 saturated heterocycles. The first kappa shape index (κ1) is 20.2. The summed E-state index contributed by atoms with van der Waals surface area (Å²) >= 11 is 0. The second-order valence-corrected chi connectivity index (χ2v) is 6.99. The van der Waals surface area contributed by atoms with Gasteiger partial charge in [-0.05, 0) is 31.2 Å². The van der Waals surface area contributed by atoms with E-state index in [1.807, 2.05) is 43.3 Å². The summed E-state index contributed by atoms with van der Waals surface area (Å²) < 4.78 is 11.2. The Kier molecular flexibility index (Phi) is 7.34. The maximum atomic E-state index is 10.4. The maximum Gasteiger partial charge on any atom is 0.129 e. The number of para-hydroxylation sites is 1. The van der Waals surface area contributed by atoms with Gasteiger partial charge in [-0.25, -0.2) is 0 Å². The molecule has 1 aliphatic rings. The first-order chi connectivity index (χ1) is 13.7. The molecule has 150 valence electrons. The molecule has 0 saturated carbocycles. The van der Waals surface area contributed by atoms with Gasteiger partial charge in [-0.15, -0.1) is 0 Å². The summed E-state index contributed by atoms with van der Waals surface area (Å²) in [6, 6.07) is 16.2. The second-order valence-electron chi connectivity index (χ2n) is 6.99. The van der Waals surface area contributed by atoms with Crippen molar-refractivity contribution in [2.45, 2.75) is 13.0 Å². The molecule has 1 fully saturated rings. The molecule has 3 rings (SSSR count). The third kappa shape index (κ3) is 5.50. The Morgan fingerprint density at radius 3 is 2.50 bits per heavy atom. The van der Waals surface area contributed by atoms with Crippen LogP contribution in [0.5, 0.6) is 11.5 Å². The lowest BCUT2D eigenvalue weighted by atomic mass is 10.2. The van der Waals surface area contributed by atoms with Crippen molar-refractivity contribution in [3.8, 4) is 11.5 Å². The fourth-order valence-corrected chi connectivity index (χ4v) is 3.47. The van der Waals surface area contributed by atoms with Gasteiger partial charge in [0, 0.05) is 50.0 Å². The predicted molar refractivity (Wildman–Crippen MR) is 114 cm³/mol. The molecule has 1 aliphatic heterocycles. The average Bonchev–Trinajstić information content (AvgIpc) is 2.74. The van der Waals surface area contributed by atoms with Crippen LogP contribution in [-0.2, 0) is 0 Å². The van der Waals surface area contributed by atoms with Gasteiger partial charge in [-0.3, -0.25) is 4.90 Å². The van der Waals surface area contributed by atoms with Gasteiger partial charge >= 0.3 is 0 Å². The van der Waals surface area contributed by atoms with Gasteiger partial charge in [0.1, 0.15) is 24.2 Å². The van der Waals surface area contributed by atoms with E-state index in [-0.39, 0.29) is 6.61 Å². The number of benzene rings is 2. The van der Waals surface area contributed by atoms with Gasteiger partial charge in [-0.2, -0.15) is 0 Å². The molecular formula is C23H30N2O3. The Balaban J connectivity index is 1.44. The number of piperazine rings is 1. The van der Waals surface area contributed by atoms with Crippen LogP contribution in [-0.4, -0.2) is 62.6 Å². The third-order valence-electron chi connectivity index (χ3n) is 4.96. The predicted octanol–water partition coefficient (Wildman–Crippen LogP) is 3.29. The number of aliphatic hydroxyl groups is 1. The summed E-state index contributed by atoms with van der Waals surface area (Å²) in [4.78, 5) is 4.68. The highest BCUT2D eigenvalue weighted by molar-refractivity contribution is 5.59. The number of methoxy groups -OCH3 is 1. The van der Waals surface area contributed by atoms with Crippen LogP contribution in [0.15, 0.2) is 54.6 Å². The van der Waals surface area contributed by atoms with Gasteiger partial charge < -0.3 is 19.5 Å². The van der Waals surface area contributed by atoms with Crippen LogP contribution >= 0.6 is 0 Å². The largest absolute Gasteiger partial charge is 0.496 e. The van der Waals surface area contributed by atoms with E-state index in [1.165, 1.54) is 5.69 Å². The van der Waals surface area contributed by atoms with Crippen LogP contribution in [0.3, 0.4) is 0 Å². The van der Waals surface area contributed by atoms with Crippen molar-refractivity contribution >= 4 is 11.8 Å². The normalized spacial score (nSPS) is 16.3. The van der Waals surface area contributed by atoms with Crippen molar-refractivity contribution in [2.75, 3.05) is 51.3 Å². The molecule has 28 heavy (non-hydrogen) atoms. The molecule has 5 heteroatoms. The van der Waals surface area contributed by atoms with E-state index in [9.17, 15) is 5.11 Å². The van der Waals surface area contributed by atoms with Crippen molar-refractivity contribution < 1.29 is 14.6 Å². The quantitative estimate of drug-likeness (QED) is 0.759. The summed E-state index contributed by atoms with van der Waals surface area (Å²) in [5.41, 5.74) is 2.27. The first-order valence-corrected chi connectivity index (χ1v) is 9.83. The molecule has 2 aromatic rings. The van der Waals surface area contributed by atoms with Crippen LogP contribution in [0.4, 0.5) is 5.69 Å². The zero-order valence-electron chi connectivity index (χ0n) is 16.8. The monoisotopic (exact) mass is 382 g/mol. The van der Waals surface area contributed by atoms with E-state index in [0.29, 0.717) is 12.3 Å². The highest BCUT2D eigenvalue weighted by Crippen LogP contribution is 2.26. The lowest BCUT2D eigenvalue weighted by Gasteiger charge is -2.36. The fraction of sp³-hybridized carbons (Fsp3) is 0.391. The van der Waals surface area contributed by atoms with Crippen molar-refractivity contribution in [2.24, 2.45) is 0 Å². The van der Waals surface area contributed by atoms with E-state index >= 15 is 0 Å². The standard InChI is InChI=1S/C23H30N2O3/c1-3-7-19-10-11-22(16-23(19)27-2)28-18-21(26)17-24-12-14-25(15-13-24)20-8-5-4-6-9-20/h3-11,16,21,26H,12-15,17-18H2,1-2H3. The molecule has 0 bridgehead atoms. The van der Waals surface area contributed by atoms with E-state index in [4.69, 9.17) is 9.47 Å². The van der Waals surface area contributed by atoms with Gasteiger partial charge in [0.2, 0.25) is 0 Å². The van der Waals surface area contributed by atoms with Crippen LogP contribution in [0.2, 0.25) is 0 Å². The molecule has 0 amide bonds. The Morgan fingerprint density at radius 2 is 1.82 bits per heavy atom. The summed E-state index contributed by atoms with van der Waals surface area (Å²) in [6.07, 6.45) is 3.44. The Bertz CT molecular complexity index is 756. The number of ether oxygens (including phenoxy) is 2. The number of anilines is 1. The summed E-state index contributed by atoms with van der Waals surface area (Å²) in [7, 11) is 1.65. The number of β-amino-alcohol motifs (C(OH)–C–C–N with tert-alkyl or cyclic N) is 1. The topological polar surface area (TPSA) is 45.2 Å². The van der Waals surface area contributed by atoms with Crippen molar-refractivity contribution in [3.63, 3.8) is 0 Å². The van der Waals surface area contributed by atoms with Gasteiger partial charge in [0.05, 0.1) is 7.11 Å². The average molecular weight is 383 g/mol. The molecular weight excluding hydrogens is 352 g/mol. The minimum atomic E-state index is -0.524. The molecule has 0 aliphatic carbocycles. The van der Waals surface area contributed by atoms with Crippen molar-refractivity contribution in [1.82, 2.24) is 4.90 Å². The smallest absolute Gasteiger partial charge is 0.129 e. The summed E-state index contributed by atoms with van der Waals surface area (Å²) in [6.45, 7) is 6.69. The minimum absolute atomic E-state index is 0.269. The number of rotatable bonds is 8. The molecule has 1 heterocycles. The maximum absolute atomic E-state index is 10.4. The van der Waals surface area contributed by atoms with Gasteiger partial charge in [0.25, 0.3) is 0 Å². The molecule has 5 nitrogen and oxygen atoms in total. The highest BCUT2D eigenvalue weighted by atomic mass is 16.5. The molecule has 1 unspecified atom stereocenters. The van der Waals surface area contributed by atoms with E-state index < -0.39 is 6.10 Å². The molecule has 2 aromatic carbocycles. The molecule has 1 atom stereocenters. The lowest BCUT2D eigenvalue weighted by molar-refractivity contribution is 0.0662. The third-order valence-corrected chi connectivity index (χ3v) is 4.96. The molecule has 0 spiro atoms. The Morgan fingerprint density at radius 1 is 1.07 bits per heavy atom. The lowest BCUT2D eigenvalue weighted by Crippen LogP contribution is -2.49. The number of hydrogen-bond acceptors (Lipinski definition) is 5. The van der Waals surface area contributed by atoms with E-state index in [2.05, 4.69) is 34.1 Å². The van der Waals surface area contributed by atoms with Crippen molar-refractivity contribution in [1.29, 1.82) is 0 Å². The zero-order chi connectivity index (χ0) is 19.8. The number of hydrogen-bond donors (Lipinski definition) is 1. The summed E-state index contributed by atoms with van der Waals surface area (Å²) in [5, 5.41) is 10.4. The van der Waals surface area contributed by atoms with Gasteiger partial charge in [-0.1, -0.05) is 30.4 Å². The SMILES string of the molecule is CC=Cc1ccc(OCC(O)CN2CCN(c3ccccc3)CC2)cc1OC. The fourth-order valence-electron chi connectivity index (χ4n) is 3.47. The molecule has 1 N–H and O–H groups in total.